The summed E-state index contributed by atoms with van der Waals surface area (Å²) in [6, 6.07) is -0.548. The Morgan fingerprint density at radius 3 is 2.84 bits per heavy atom. The Hall–Kier alpha value is -1.50. The molecule has 1 fully saturated rings. The molecule has 6 nitrogen and oxygen atoms in total. The van der Waals surface area contributed by atoms with Crippen LogP contribution in [0.15, 0.2) is 11.8 Å². The van der Waals surface area contributed by atoms with E-state index >= 15 is 0 Å². The van der Waals surface area contributed by atoms with Crippen LogP contribution in [-0.4, -0.2) is 46.0 Å². The number of rotatable bonds is 3. The summed E-state index contributed by atoms with van der Waals surface area (Å²) in [6.45, 7) is 5.32. The van der Waals surface area contributed by atoms with Crippen LogP contribution in [0.2, 0.25) is 0 Å². The third-order valence-corrected chi connectivity index (χ3v) is 3.89. The van der Waals surface area contributed by atoms with Crippen LogP contribution in [0.3, 0.4) is 0 Å². The number of β-lactam (4-membered cyclic amide) rings is 1. The molecule has 0 aromatic heterocycles. The van der Waals surface area contributed by atoms with Crippen molar-refractivity contribution in [2.75, 3.05) is 5.75 Å². The molecule has 2 aliphatic rings. The zero-order valence-corrected chi connectivity index (χ0v) is 11.8. The molecule has 0 aromatic rings. The number of ether oxygens (including phenoxy) is 1. The van der Waals surface area contributed by atoms with Gasteiger partial charge in [-0.25, -0.2) is 4.79 Å². The molecule has 0 bridgehead atoms. The van der Waals surface area contributed by atoms with Crippen LogP contribution in [-0.2, 0) is 19.1 Å². The third kappa shape index (κ3) is 2.60. The largest absolute Gasteiger partial charge is 0.455 e. The van der Waals surface area contributed by atoms with E-state index in [4.69, 9.17) is 4.74 Å². The van der Waals surface area contributed by atoms with Gasteiger partial charge in [0.1, 0.15) is 22.7 Å². The first-order valence-corrected chi connectivity index (χ1v) is 6.98. The molecule has 7 heteroatoms. The van der Waals surface area contributed by atoms with Crippen LogP contribution < -0.4 is 5.32 Å². The van der Waals surface area contributed by atoms with Crippen molar-refractivity contribution < 1.29 is 19.1 Å². The Kier molecular flexibility index (Phi) is 3.58. The van der Waals surface area contributed by atoms with Gasteiger partial charge in [0.15, 0.2) is 0 Å². The van der Waals surface area contributed by atoms with Gasteiger partial charge in [-0.15, -0.1) is 11.8 Å². The second-order valence-electron chi connectivity index (χ2n) is 5.29. The monoisotopic (exact) mass is 284 g/mol. The topological polar surface area (TPSA) is 75.7 Å². The van der Waals surface area contributed by atoms with E-state index in [9.17, 15) is 14.4 Å². The SMILES string of the molecule is CC(C)(C)OC(=O)C1=CCS[C@H]2[C@H](NC=O)C(=O)N12. The van der Waals surface area contributed by atoms with Gasteiger partial charge in [0, 0.05) is 5.75 Å². The summed E-state index contributed by atoms with van der Waals surface area (Å²) in [7, 11) is 0. The van der Waals surface area contributed by atoms with E-state index in [-0.39, 0.29) is 17.0 Å². The maximum Gasteiger partial charge on any atom is 0.355 e. The number of amides is 2. The van der Waals surface area contributed by atoms with Crippen molar-refractivity contribution in [2.24, 2.45) is 0 Å². The lowest BCUT2D eigenvalue weighted by Crippen LogP contribution is -2.69. The number of esters is 1. The molecule has 2 atom stereocenters. The summed E-state index contributed by atoms with van der Waals surface area (Å²) < 4.78 is 5.27. The average molecular weight is 284 g/mol. The molecule has 2 aliphatic heterocycles. The lowest BCUT2D eigenvalue weighted by atomic mass is 10.1. The van der Waals surface area contributed by atoms with Gasteiger partial charge in [-0.2, -0.15) is 0 Å². The molecule has 0 aliphatic carbocycles. The Labute approximate surface area is 115 Å². The van der Waals surface area contributed by atoms with Gasteiger partial charge in [0.05, 0.1) is 0 Å². The number of fused-ring (bicyclic) bond motifs is 1. The highest BCUT2D eigenvalue weighted by molar-refractivity contribution is 8.00. The van der Waals surface area contributed by atoms with Crippen LogP contribution >= 0.6 is 11.8 Å². The van der Waals surface area contributed by atoms with Crippen LogP contribution in [0.5, 0.6) is 0 Å². The number of nitrogens with zero attached hydrogens (tertiary/aromatic N) is 1. The van der Waals surface area contributed by atoms with Crippen LogP contribution in [0.1, 0.15) is 20.8 Å². The van der Waals surface area contributed by atoms with Gasteiger partial charge in [0.25, 0.3) is 5.91 Å². The van der Waals surface area contributed by atoms with Crippen molar-refractivity contribution in [3.63, 3.8) is 0 Å². The Morgan fingerprint density at radius 1 is 1.58 bits per heavy atom. The van der Waals surface area contributed by atoms with Gasteiger partial charge in [-0.05, 0) is 26.8 Å². The summed E-state index contributed by atoms with van der Waals surface area (Å²) in [5.74, 6) is -0.169. The predicted octanol–water partition coefficient (Wildman–Crippen LogP) is 0.242. The first-order valence-electron chi connectivity index (χ1n) is 5.93. The molecule has 1 N–H and O–H groups in total. The standard InChI is InChI=1S/C12H16N2O4S/c1-12(2,3)18-11(17)7-4-5-19-10-8(13-6-15)9(16)14(7)10/h4,6,8,10H,5H2,1-3H3,(H,13,15)/t8-,10+/m1/s1. The molecule has 2 amide bonds. The molecule has 0 aromatic carbocycles. The van der Waals surface area contributed by atoms with E-state index < -0.39 is 17.6 Å². The molecule has 0 unspecified atom stereocenters. The number of carbonyl (C=O) groups is 3. The smallest absolute Gasteiger partial charge is 0.355 e. The van der Waals surface area contributed by atoms with Crippen molar-refractivity contribution in [2.45, 2.75) is 37.8 Å². The maximum atomic E-state index is 12.0. The van der Waals surface area contributed by atoms with Gasteiger partial charge in [0.2, 0.25) is 6.41 Å². The first kappa shape index (κ1) is 13.9. The van der Waals surface area contributed by atoms with Crippen molar-refractivity contribution in [1.29, 1.82) is 0 Å². The van der Waals surface area contributed by atoms with E-state index in [1.807, 2.05) is 0 Å². The number of hydrogen-bond donors (Lipinski definition) is 1. The second kappa shape index (κ2) is 4.88. The summed E-state index contributed by atoms with van der Waals surface area (Å²) in [5.41, 5.74) is -0.334. The second-order valence-corrected chi connectivity index (χ2v) is 6.44. The van der Waals surface area contributed by atoms with Crippen LogP contribution in [0, 0.1) is 0 Å². The quantitative estimate of drug-likeness (QED) is 0.456. The molecule has 2 heterocycles. The van der Waals surface area contributed by atoms with E-state index in [0.29, 0.717) is 12.2 Å². The van der Waals surface area contributed by atoms with E-state index in [0.717, 1.165) is 0 Å². The normalized spacial score (nSPS) is 25.9. The van der Waals surface area contributed by atoms with Gasteiger partial charge < -0.3 is 10.1 Å². The highest BCUT2D eigenvalue weighted by atomic mass is 32.2. The first-order chi connectivity index (χ1) is 8.85. The minimum absolute atomic E-state index is 0.217. The highest BCUT2D eigenvalue weighted by Crippen LogP contribution is 2.37. The molecule has 2 rings (SSSR count). The molecule has 104 valence electrons. The Balaban J connectivity index is 2.12. The molecule has 0 radical (unpaired) electrons. The third-order valence-electron chi connectivity index (χ3n) is 2.70. The predicted molar refractivity (Wildman–Crippen MR) is 70.0 cm³/mol. The number of hydrogen-bond acceptors (Lipinski definition) is 5. The van der Waals surface area contributed by atoms with Gasteiger partial charge >= 0.3 is 5.97 Å². The van der Waals surface area contributed by atoms with Crippen molar-refractivity contribution in [1.82, 2.24) is 10.2 Å². The molecular formula is C12H16N2O4S. The van der Waals surface area contributed by atoms with E-state index in [1.54, 1.807) is 26.8 Å². The van der Waals surface area contributed by atoms with Crippen LogP contribution in [0.25, 0.3) is 0 Å². The minimum atomic E-state index is -0.605. The highest BCUT2D eigenvalue weighted by Gasteiger charge is 2.52. The number of nitrogens with one attached hydrogen (secondary N) is 1. The Morgan fingerprint density at radius 2 is 2.26 bits per heavy atom. The lowest BCUT2D eigenvalue weighted by Gasteiger charge is -2.48. The maximum absolute atomic E-state index is 12.0. The van der Waals surface area contributed by atoms with E-state index in [1.165, 1.54) is 16.7 Å². The number of carbonyl (C=O) groups excluding carboxylic acids is 3. The average Bonchev–Trinajstić information content (AvgIpc) is 2.32. The molecule has 0 saturated carbocycles. The van der Waals surface area contributed by atoms with E-state index in [2.05, 4.69) is 5.32 Å². The zero-order valence-electron chi connectivity index (χ0n) is 11.0. The summed E-state index contributed by atoms with van der Waals surface area (Å²) in [6.07, 6.45) is 2.19. The van der Waals surface area contributed by atoms with Crippen molar-refractivity contribution in [3.8, 4) is 0 Å². The Bertz CT molecular complexity index is 455. The fraction of sp³-hybridized carbons (Fsp3) is 0.583. The molecule has 1 saturated heterocycles. The summed E-state index contributed by atoms with van der Waals surface area (Å²) >= 11 is 1.50. The lowest BCUT2D eigenvalue weighted by molar-refractivity contribution is -0.158. The van der Waals surface area contributed by atoms with Crippen LogP contribution in [0.4, 0.5) is 0 Å². The fourth-order valence-corrected chi connectivity index (χ4v) is 3.16. The zero-order chi connectivity index (χ0) is 14.2. The molecule has 19 heavy (non-hydrogen) atoms. The fourth-order valence-electron chi connectivity index (χ4n) is 1.95. The van der Waals surface area contributed by atoms with Gasteiger partial charge in [-0.3, -0.25) is 14.5 Å². The summed E-state index contributed by atoms with van der Waals surface area (Å²) in [5, 5.41) is 2.25. The van der Waals surface area contributed by atoms with Gasteiger partial charge in [-0.1, -0.05) is 0 Å². The molecule has 0 spiro atoms. The molecular weight excluding hydrogens is 268 g/mol. The summed E-state index contributed by atoms with van der Waals surface area (Å²) in [4.78, 5) is 35.8. The van der Waals surface area contributed by atoms with Crippen molar-refractivity contribution in [3.05, 3.63) is 11.8 Å². The number of thioether (sulfide) groups is 1. The van der Waals surface area contributed by atoms with Crippen molar-refractivity contribution >= 4 is 30.0 Å². The minimum Gasteiger partial charge on any atom is -0.455 e.